The number of nitrogens with one attached hydrogen (secondary N) is 1. The lowest BCUT2D eigenvalue weighted by molar-refractivity contribution is 0.0909. The number of fused-ring (bicyclic) bond motifs is 1. The number of nitrogens with zero attached hydrogens (tertiary/aromatic N) is 1. The van der Waals surface area contributed by atoms with Crippen molar-refractivity contribution in [2.75, 3.05) is 13.1 Å². The first kappa shape index (κ1) is 12.9. The van der Waals surface area contributed by atoms with Crippen LogP contribution in [0.2, 0.25) is 0 Å². The molecule has 1 N–H and O–H groups in total. The van der Waals surface area contributed by atoms with Crippen LogP contribution < -0.4 is 10.1 Å². The molecule has 0 spiro atoms. The van der Waals surface area contributed by atoms with Gasteiger partial charge in [-0.1, -0.05) is 6.07 Å². The summed E-state index contributed by atoms with van der Waals surface area (Å²) in [5, 5.41) is 3.38. The quantitative estimate of drug-likeness (QED) is 0.904. The average Bonchev–Trinajstić information content (AvgIpc) is 2.95. The zero-order chi connectivity index (χ0) is 13.5. The van der Waals surface area contributed by atoms with Gasteiger partial charge >= 0.3 is 0 Å². The summed E-state index contributed by atoms with van der Waals surface area (Å²) in [5.74, 6) is 1.02. The lowest BCUT2D eigenvalue weighted by atomic mass is 10.1. The average molecular weight is 260 g/mol. The van der Waals surface area contributed by atoms with Gasteiger partial charge in [-0.15, -0.1) is 0 Å². The van der Waals surface area contributed by atoms with Gasteiger partial charge in [0.05, 0.1) is 0 Å². The first-order chi connectivity index (χ1) is 9.06. The smallest absolute Gasteiger partial charge is 0.120 e. The highest BCUT2D eigenvalue weighted by Gasteiger charge is 2.36. The van der Waals surface area contributed by atoms with Gasteiger partial charge in [-0.3, -0.25) is 4.90 Å². The van der Waals surface area contributed by atoms with E-state index in [1.54, 1.807) is 0 Å². The van der Waals surface area contributed by atoms with Crippen LogP contribution in [-0.2, 0) is 13.1 Å². The predicted molar refractivity (Wildman–Crippen MR) is 77.3 cm³/mol. The van der Waals surface area contributed by atoms with E-state index in [9.17, 15) is 0 Å². The van der Waals surface area contributed by atoms with Crippen LogP contribution in [0.15, 0.2) is 18.2 Å². The normalized spacial score (nSPS) is 26.9. The van der Waals surface area contributed by atoms with Crippen molar-refractivity contribution >= 4 is 0 Å². The Balaban J connectivity index is 1.71. The van der Waals surface area contributed by atoms with Gasteiger partial charge < -0.3 is 10.1 Å². The van der Waals surface area contributed by atoms with E-state index in [0.29, 0.717) is 6.04 Å². The SMILES string of the molecule is CC(C)N1CCC(C)(Oc2ccc3c(c2)CNC3)C1. The first-order valence-electron chi connectivity index (χ1n) is 7.31. The van der Waals surface area contributed by atoms with E-state index in [1.165, 1.54) is 11.1 Å². The first-order valence-corrected chi connectivity index (χ1v) is 7.31. The minimum atomic E-state index is -0.0372. The summed E-state index contributed by atoms with van der Waals surface area (Å²) in [6.07, 6.45) is 1.11. The molecule has 0 aliphatic carbocycles. The molecule has 3 rings (SSSR count). The van der Waals surface area contributed by atoms with Gasteiger partial charge in [-0.2, -0.15) is 0 Å². The minimum Gasteiger partial charge on any atom is -0.486 e. The maximum absolute atomic E-state index is 6.30. The highest BCUT2D eigenvalue weighted by atomic mass is 16.5. The van der Waals surface area contributed by atoms with Gasteiger partial charge in [0.25, 0.3) is 0 Å². The summed E-state index contributed by atoms with van der Waals surface area (Å²) >= 11 is 0. The molecule has 2 heterocycles. The molecule has 3 heteroatoms. The van der Waals surface area contributed by atoms with Gasteiger partial charge in [-0.05, 0) is 44.0 Å². The fourth-order valence-electron chi connectivity index (χ4n) is 3.11. The third-order valence-corrected chi connectivity index (χ3v) is 4.37. The van der Waals surface area contributed by atoms with Gasteiger partial charge in [0, 0.05) is 38.6 Å². The Morgan fingerprint density at radius 2 is 2.05 bits per heavy atom. The molecule has 0 saturated carbocycles. The molecular weight excluding hydrogens is 236 g/mol. The number of hydrogen-bond acceptors (Lipinski definition) is 3. The number of likely N-dealkylation sites (tertiary alicyclic amines) is 1. The van der Waals surface area contributed by atoms with Crippen molar-refractivity contribution in [2.24, 2.45) is 0 Å². The molecule has 104 valence electrons. The summed E-state index contributed by atoms with van der Waals surface area (Å²) in [4.78, 5) is 2.49. The second-order valence-corrected chi connectivity index (χ2v) is 6.40. The molecule has 1 aromatic rings. The maximum atomic E-state index is 6.30. The highest BCUT2D eigenvalue weighted by Crippen LogP contribution is 2.30. The minimum absolute atomic E-state index is 0.0372. The zero-order valence-corrected chi connectivity index (χ0v) is 12.2. The molecule has 1 fully saturated rings. The van der Waals surface area contributed by atoms with Crippen LogP contribution in [0.1, 0.15) is 38.3 Å². The van der Waals surface area contributed by atoms with Crippen molar-refractivity contribution < 1.29 is 4.74 Å². The van der Waals surface area contributed by atoms with Gasteiger partial charge in [0.2, 0.25) is 0 Å². The lowest BCUT2D eigenvalue weighted by Gasteiger charge is -2.28. The molecule has 2 aliphatic rings. The Bertz CT molecular complexity index is 472. The molecule has 1 aromatic carbocycles. The van der Waals surface area contributed by atoms with Crippen LogP contribution in [-0.4, -0.2) is 29.6 Å². The number of rotatable bonds is 3. The predicted octanol–water partition coefficient (Wildman–Crippen LogP) is 2.54. The molecule has 0 amide bonds. The second kappa shape index (κ2) is 4.80. The van der Waals surface area contributed by atoms with Gasteiger partial charge in [0.1, 0.15) is 11.4 Å². The Labute approximate surface area is 115 Å². The third kappa shape index (κ3) is 2.63. The molecule has 1 unspecified atom stereocenters. The van der Waals surface area contributed by atoms with E-state index in [4.69, 9.17) is 4.74 Å². The molecule has 2 aliphatic heterocycles. The summed E-state index contributed by atoms with van der Waals surface area (Å²) in [5.41, 5.74) is 2.76. The van der Waals surface area contributed by atoms with Crippen molar-refractivity contribution in [2.45, 2.75) is 51.9 Å². The van der Waals surface area contributed by atoms with E-state index in [2.05, 4.69) is 49.2 Å². The molecular formula is C16H24N2O. The van der Waals surface area contributed by atoms with Gasteiger partial charge in [0.15, 0.2) is 0 Å². The van der Waals surface area contributed by atoms with E-state index in [0.717, 1.165) is 38.3 Å². The number of benzene rings is 1. The van der Waals surface area contributed by atoms with E-state index in [1.807, 2.05) is 0 Å². The molecule has 1 atom stereocenters. The Kier molecular flexibility index (Phi) is 3.27. The third-order valence-electron chi connectivity index (χ3n) is 4.37. The lowest BCUT2D eigenvalue weighted by Crippen LogP contribution is -2.38. The van der Waals surface area contributed by atoms with Crippen LogP contribution >= 0.6 is 0 Å². The second-order valence-electron chi connectivity index (χ2n) is 6.40. The van der Waals surface area contributed by atoms with Crippen LogP contribution in [0.5, 0.6) is 5.75 Å². The molecule has 0 aromatic heterocycles. The van der Waals surface area contributed by atoms with Crippen molar-refractivity contribution in [1.82, 2.24) is 10.2 Å². The summed E-state index contributed by atoms with van der Waals surface area (Å²) < 4.78 is 6.30. The van der Waals surface area contributed by atoms with Crippen LogP contribution in [0.4, 0.5) is 0 Å². The topological polar surface area (TPSA) is 24.5 Å². The van der Waals surface area contributed by atoms with Gasteiger partial charge in [-0.25, -0.2) is 0 Å². The number of ether oxygens (including phenoxy) is 1. The largest absolute Gasteiger partial charge is 0.486 e. The van der Waals surface area contributed by atoms with Crippen molar-refractivity contribution in [1.29, 1.82) is 0 Å². The van der Waals surface area contributed by atoms with E-state index < -0.39 is 0 Å². The van der Waals surface area contributed by atoms with E-state index >= 15 is 0 Å². The Hall–Kier alpha value is -1.06. The highest BCUT2D eigenvalue weighted by molar-refractivity contribution is 5.38. The van der Waals surface area contributed by atoms with Crippen molar-refractivity contribution in [3.05, 3.63) is 29.3 Å². The number of hydrogen-bond donors (Lipinski definition) is 1. The fourth-order valence-corrected chi connectivity index (χ4v) is 3.11. The molecule has 19 heavy (non-hydrogen) atoms. The summed E-state index contributed by atoms with van der Waals surface area (Å²) in [7, 11) is 0. The van der Waals surface area contributed by atoms with Crippen LogP contribution in [0.25, 0.3) is 0 Å². The van der Waals surface area contributed by atoms with Crippen molar-refractivity contribution in [3.63, 3.8) is 0 Å². The molecule has 1 saturated heterocycles. The molecule has 0 radical (unpaired) electrons. The Morgan fingerprint density at radius 1 is 1.26 bits per heavy atom. The maximum Gasteiger partial charge on any atom is 0.120 e. The zero-order valence-electron chi connectivity index (χ0n) is 12.2. The molecule has 0 bridgehead atoms. The standard InChI is InChI=1S/C16H24N2O/c1-12(2)18-7-6-16(3,11-18)19-15-5-4-13-9-17-10-14(13)8-15/h4-5,8,12,17H,6-7,9-11H2,1-3H3. The molecule has 3 nitrogen and oxygen atoms in total. The fraction of sp³-hybridized carbons (Fsp3) is 0.625. The summed E-state index contributed by atoms with van der Waals surface area (Å²) in [6.45, 7) is 10.9. The van der Waals surface area contributed by atoms with Crippen LogP contribution in [0, 0.1) is 0 Å². The van der Waals surface area contributed by atoms with Crippen molar-refractivity contribution in [3.8, 4) is 5.75 Å². The van der Waals surface area contributed by atoms with Crippen LogP contribution in [0.3, 0.4) is 0 Å². The van der Waals surface area contributed by atoms with E-state index in [-0.39, 0.29) is 5.60 Å². The summed E-state index contributed by atoms with van der Waals surface area (Å²) in [6, 6.07) is 7.13. The monoisotopic (exact) mass is 260 g/mol. The Morgan fingerprint density at radius 3 is 2.79 bits per heavy atom.